The minimum atomic E-state index is 0.199. The van der Waals surface area contributed by atoms with Crippen LogP contribution in [-0.4, -0.2) is 36.2 Å². The molecule has 0 aliphatic rings. The van der Waals surface area contributed by atoms with Crippen LogP contribution in [0, 0.1) is 0 Å². The zero-order chi connectivity index (χ0) is 15.2. The predicted molar refractivity (Wildman–Crippen MR) is 79.3 cm³/mol. The summed E-state index contributed by atoms with van der Waals surface area (Å²) in [7, 11) is 4.99. The second-order valence-electron chi connectivity index (χ2n) is 4.30. The number of nitrogens with one attached hydrogen (secondary N) is 1. The van der Waals surface area contributed by atoms with Crippen molar-refractivity contribution in [3.05, 3.63) is 29.8 Å². The van der Waals surface area contributed by atoms with Gasteiger partial charge < -0.3 is 14.4 Å². The standard InChI is InChI=1S/C13H18N6O2/c1-19(8-9-5-4-6-10(7-9)20-2)12-15-11(18-14)16-13(17-12)21-3/h4-7H,8,14H2,1-3H3,(H,15,16,17,18). The lowest BCUT2D eigenvalue weighted by Crippen LogP contribution is -2.21. The van der Waals surface area contributed by atoms with Crippen LogP contribution in [0.2, 0.25) is 0 Å². The average Bonchev–Trinajstić information content (AvgIpc) is 2.54. The van der Waals surface area contributed by atoms with Crippen molar-refractivity contribution in [1.82, 2.24) is 15.0 Å². The quantitative estimate of drug-likeness (QED) is 0.596. The maximum atomic E-state index is 5.34. The van der Waals surface area contributed by atoms with E-state index in [9.17, 15) is 0 Å². The Morgan fingerprint density at radius 2 is 2.00 bits per heavy atom. The van der Waals surface area contributed by atoms with Crippen molar-refractivity contribution in [1.29, 1.82) is 0 Å². The first kappa shape index (κ1) is 14.8. The Bertz CT molecular complexity index is 585. The van der Waals surface area contributed by atoms with Gasteiger partial charge in [-0.3, -0.25) is 5.43 Å². The van der Waals surface area contributed by atoms with E-state index in [0.717, 1.165) is 11.3 Å². The number of aromatic nitrogens is 3. The molecule has 21 heavy (non-hydrogen) atoms. The SMILES string of the molecule is COc1cccc(CN(C)c2nc(NN)nc(OC)n2)c1. The maximum absolute atomic E-state index is 5.34. The van der Waals surface area contributed by atoms with Crippen LogP contribution in [0.4, 0.5) is 11.9 Å². The first-order valence-corrected chi connectivity index (χ1v) is 6.27. The Morgan fingerprint density at radius 1 is 1.19 bits per heavy atom. The van der Waals surface area contributed by atoms with Crippen LogP contribution in [0.15, 0.2) is 24.3 Å². The molecule has 2 aromatic rings. The van der Waals surface area contributed by atoms with E-state index < -0.39 is 0 Å². The molecular weight excluding hydrogens is 272 g/mol. The van der Waals surface area contributed by atoms with Gasteiger partial charge in [-0.2, -0.15) is 15.0 Å². The molecule has 0 bridgehead atoms. The molecular formula is C13H18N6O2. The number of benzene rings is 1. The van der Waals surface area contributed by atoms with E-state index >= 15 is 0 Å². The molecule has 1 heterocycles. The zero-order valence-electron chi connectivity index (χ0n) is 12.2. The fourth-order valence-corrected chi connectivity index (χ4v) is 1.79. The molecule has 0 aliphatic carbocycles. The highest BCUT2D eigenvalue weighted by atomic mass is 16.5. The van der Waals surface area contributed by atoms with Crippen LogP contribution in [-0.2, 0) is 6.54 Å². The van der Waals surface area contributed by atoms with E-state index in [1.54, 1.807) is 7.11 Å². The van der Waals surface area contributed by atoms with E-state index in [1.165, 1.54) is 7.11 Å². The van der Waals surface area contributed by atoms with Gasteiger partial charge in [-0.15, -0.1) is 0 Å². The van der Waals surface area contributed by atoms with Crippen molar-refractivity contribution in [2.24, 2.45) is 5.84 Å². The molecule has 0 fully saturated rings. The minimum Gasteiger partial charge on any atom is -0.497 e. The predicted octanol–water partition coefficient (Wildman–Crippen LogP) is 0.811. The zero-order valence-corrected chi connectivity index (χ0v) is 12.2. The number of nitrogens with two attached hydrogens (primary N) is 1. The van der Waals surface area contributed by atoms with Crippen molar-refractivity contribution in [3.63, 3.8) is 0 Å². The van der Waals surface area contributed by atoms with Crippen LogP contribution in [0.3, 0.4) is 0 Å². The van der Waals surface area contributed by atoms with Crippen LogP contribution < -0.4 is 25.6 Å². The molecule has 0 aliphatic heterocycles. The molecule has 2 rings (SSSR count). The second kappa shape index (κ2) is 6.71. The number of nitrogens with zero attached hydrogens (tertiary/aromatic N) is 4. The summed E-state index contributed by atoms with van der Waals surface area (Å²) in [4.78, 5) is 14.2. The number of hydrogen-bond acceptors (Lipinski definition) is 8. The van der Waals surface area contributed by atoms with Crippen LogP contribution in [0.5, 0.6) is 11.8 Å². The van der Waals surface area contributed by atoms with E-state index in [-0.39, 0.29) is 12.0 Å². The molecule has 0 atom stereocenters. The highest BCUT2D eigenvalue weighted by Crippen LogP contribution is 2.18. The molecule has 3 N–H and O–H groups in total. The van der Waals surface area contributed by atoms with Gasteiger partial charge in [-0.05, 0) is 17.7 Å². The minimum absolute atomic E-state index is 0.199. The largest absolute Gasteiger partial charge is 0.497 e. The van der Waals surface area contributed by atoms with Gasteiger partial charge in [0.25, 0.3) is 0 Å². The van der Waals surface area contributed by atoms with Crippen LogP contribution in [0.25, 0.3) is 0 Å². The molecule has 0 amide bonds. The highest BCUT2D eigenvalue weighted by molar-refractivity contribution is 5.39. The third kappa shape index (κ3) is 3.69. The van der Waals surface area contributed by atoms with Gasteiger partial charge in [-0.25, -0.2) is 5.84 Å². The summed E-state index contributed by atoms with van der Waals surface area (Å²) in [5.41, 5.74) is 3.46. The maximum Gasteiger partial charge on any atom is 0.322 e. The van der Waals surface area contributed by atoms with E-state index in [4.69, 9.17) is 15.3 Å². The number of ether oxygens (including phenoxy) is 2. The molecule has 8 nitrogen and oxygen atoms in total. The summed E-state index contributed by atoms with van der Waals surface area (Å²) >= 11 is 0. The number of rotatable bonds is 6. The Hall–Kier alpha value is -2.61. The Morgan fingerprint density at radius 3 is 2.67 bits per heavy atom. The van der Waals surface area contributed by atoms with Gasteiger partial charge in [-0.1, -0.05) is 12.1 Å². The number of nitrogen functional groups attached to an aromatic ring is 1. The molecule has 0 saturated carbocycles. The second-order valence-corrected chi connectivity index (χ2v) is 4.30. The number of hydrazine groups is 1. The lowest BCUT2D eigenvalue weighted by molar-refractivity contribution is 0.379. The van der Waals surface area contributed by atoms with Crippen molar-refractivity contribution < 1.29 is 9.47 Å². The molecule has 0 spiro atoms. The van der Waals surface area contributed by atoms with Crippen molar-refractivity contribution in [2.45, 2.75) is 6.54 Å². The van der Waals surface area contributed by atoms with Crippen molar-refractivity contribution in [3.8, 4) is 11.8 Å². The molecule has 0 saturated heterocycles. The lowest BCUT2D eigenvalue weighted by atomic mass is 10.2. The molecule has 8 heteroatoms. The van der Waals surface area contributed by atoms with Crippen LogP contribution >= 0.6 is 0 Å². The van der Waals surface area contributed by atoms with Gasteiger partial charge in [0, 0.05) is 13.6 Å². The molecule has 1 aromatic carbocycles. The van der Waals surface area contributed by atoms with Crippen molar-refractivity contribution >= 4 is 11.9 Å². The lowest BCUT2D eigenvalue weighted by Gasteiger charge is -2.18. The van der Waals surface area contributed by atoms with Gasteiger partial charge in [0.2, 0.25) is 11.9 Å². The van der Waals surface area contributed by atoms with Crippen molar-refractivity contribution in [2.75, 3.05) is 31.6 Å². The molecule has 0 unspecified atom stereocenters. The average molecular weight is 290 g/mol. The molecule has 1 aromatic heterocycles. The summed E-state index contributed by atoms with van der Waals surface area (Å²) in [5, 5.41) is 0. The fraction of sp³-hybridized carbons (Fsp3) is 0.308. The van der Waals surface area contributed by atoms with Gasteiger partial charge in [0.05, 0.1) is 14.2 Å². The van der Waals surface area contributed by atoms with Gasteiger partial charge >= 0.3 is 6.01 Å². The smallest absolute Gasteiger partial charge is 0.322 e. The Labute approximate surface area is 122 Å². The third-order valence-corrected chi connectivity index (χ3v) is 2.81. The third-order valence-electron chi connectivity index (χ3n) is 2.81. The molecule has 0 radical (unpaired) electrons. The summed E-state index contributed by atoms with van der Waals surface area (Å²) in [6.45, 7) is 0.606. The van der Waals surface area contributed by atoms with Gasteiger partial charge in [0.1, 0.15) is 5.75 Å². The fourth-order valence-electron chi connectivity index (χ4n) is 1.79. The topological polar surface area (TPSA) is 98.4 Å². The number of hydrogen-bond donors (Lipinski definition) is 2. The van der Waals surface area contributed by atoms with Gasteiger partial charge in [0.15, 0.2) is 0 Å². The van der Waals surface area contributed by atoms with E-state index in [0.29, 0.717) is 12.5 Å². The summed E-state index contributed by atoms with van der Waals surface area (Å²) in [6, 6.07) is 7.98. The normalized spacial score (nSPS) is 10.1. The van der Waals surface area contributed by atoms with E-state index in [2.05, 4.69) is 20.4 Å². The first-order chi connectivity index (χ1) is 10.2. The summed E-state index contributed by atoms with van der Waals surface area (Å²) in [5.74, 6) is 6.84. The highest BCUT2D eigenvalue weighted by Gasteiger charge is 2.11. The Balaban J connectivity index is 2.20. The Kier molecular flexibility index (Phi) is 4.72. The summed E-state index contributed by atoms with van der Waals surface area (Å²) < 4.78 is 10.2. The number of methoxy groups -OCH3 is 2. The first-order valence-electron chi connectivity index (χ1n) is 6.27. The van der Waals surface area contributed by atoms with Crippen LogP contribution in [0.1, 0.15) is 5.56 Å². The summed E-state index contributed by atoms with van der Waals surface area (Å²) in [6.07, 6.45) is 0. The monoisotopic (exact) mass is 290 g/mol. The molecule has 112 valence electrons. The van der Waals surface area contributed by atoms with E-state index in [1.807, 2.05) is 36.2 Å². The number of anilines is 2.